The van der Waals surface area contributed by atoms with Crippen molar-refractivity contribution in [2.75, 3.05) is 13.7 Å². The maximum Gasteiger partial charge on any atom is 0.338 e. The van der Waals surface area contributed by atoms with E-state index in [1.165, 1.54) is 12.7 Å². The highest BCUT2D eigenvalue weighted by Gasteiger charge is 2.19. The smallest absolute Gasteiger partial charge is 0.338 e. The molecule has 112 valence electrons. The first kappa shape index (κ1) is 15.5. The monoisotopic (exact) mass is 286 g/mol. The lowest BCUT2D eigenvalue weighted by Crippen LogP contribution is -1.99. The zero-order valence-corrected chi connectivity index (χ0v) is 12.5. The molecule has 0 bridgehead atoms. The molecule has 0 radical (unpaired) electrons. The molecule has 3 nitrogen and oxygen atoms in total. The number of aliphatic hydroxyl groups is 1. The highest BCUT2D eigenvalue weighted by Crippen LogP contribution is 2.33. The van der Waals surface area contributed by atoms with Crippen molar-refractivity contribution in [1.29, 1.82) is 0 Å². The van der Waals surface area contributed by atoms with Crippen molar-refractivity contribution in [2.24, 2.45) is 0 Å². The number of fused-ring (bicyclic) bond motifs is 1. The van der Waals surface area contributed by atoms with Crippen LogP contribution in [0.3, 0.4) is 0 Å². The van der Waals surface area contributed by atoms with Crippen LogP contribution in [0.1, 0.15) is 41.6 Å². The van der Waals surface area contributed by atoms with Crippen molar-refractivity contribution in [1.82, 2.24) is 0 Å². The van der Waals surface area contributed by atoms with Crippen LogP contribution in [-0.2, 0) is 11.2 Å². The highest BCUT2D eigenvalue weighted by atomic mass is 16.5. The fourth-order valence-corrected chi connectivity index (χ4v) is 2.66. The van der Waals surface area contributed by atoms with Crippen LogP contribution in [0, 0.1) is 0 Å². The standard InChI is InChI=1S/C18H22O3/c1-21-18(20)17-13-14(9-5-2-3-8-12-19)15-10-6-4-7-11-16(15)17/h4,6-7,10-11,13,19H,2-3,5,8-9,12H2,1H3. The Kier molecular flexibility index (Phi) is 5.76. The summed E-state index contributed by atoms with van der Waals surface area (Å²) in [5.74, 6) is -0.280. The Morgan fingerprint density at radius 3 is 2.48 bits per heavy atom. The molecule has 0 fully saturated rings. The Morgan fingerprint density at radius 2 is 1.76 bits per heavy atom. The molecule has 0 aromatic rings. The van der Waals surface area contributed by atoms with E-state index in [0.29, 0.717) is 5.56 Å². The van der Waals surface area contributed by atoms with Crippen LogP contribution in [0.4, 0.5) is 0 Å². The summed E-state index contributed by atoms with van der Waals surface area (Å²) in [6.45, 7) is 0.266. The molecule has 0 saturated heterocycles. The Morgan fingerprint density at radius 1 is 1.05 bits per heavy atom. The molecule has 3 heteroatoms. The van der Waals surface area contributed by atoms with Gasteiger partial charge in [-0.3, -0.25) is 0 Å². The molecule has 0 heterocycles. The molecule has 1 N–H and O–H groups in total. The molecule has 21 heavy (non-hydrogen) atoms. The van der Waals surface area contributed by atoms with E-state index in [2.05, 4.69) is 6.07 Å². The van der Waals surface area contributed by atoms with Gasteiger partial charge in [-0.05, 0) is 42.0 Å². The first-order valence-electron chi connectivity index (χ1n) is 7.47. The topological polar surface area (TPSA) is 46.5 Å². The van der Waals surface area contributed by atoms with Crippen molar-refractivity contribution in [2.45, 2.75) is 32.1 Å². The van der Waals surface area contributed by atoms with Gasteiger partial charge < -0.3 is 9.84 Å². The molecular formula is C18H22O3. The van der Waals surface area contributed by atoms with E-state index in [1.54, 1.807) is 0 Å². The van der Waals surface area contributed by atoms with E-state index in [-0.39, 0.29) is 12.6 Å². The SMILES string of the molecule is COC(=O)c1cc(CCCCCCO)c2cccccc1-2. The third-order valence-corrected chi connectivity index (χ3v) is 3.75. The average molecular weight is 286 g/mol. The number of methoxy groups -OCH3 is 1. The molecule has 0 unspecified atom stereocenters. The first-order chi connectivity index (χ1) is 10.3. The van der Waals surface area contributed by atoms with Gasteiger partial charge in [-0.25, -0.2) is 4.79 Å². The number of carbonyl (C=O) groups is 1. The molecule has 0 atom stereocenters. The molecular weight excluding hydrogens is 264 g/mol. The zero-order chi connectivity index (χ0) is 15.1. The summed E-state index contributed by atoms with van der Waals surface area (Å²) >= 11 is 0. The predicted molar refractivity (Wildman–Crippen MR) is 83.7 cm³/mol. The largest absolute Gasteiger partial charge is 0.465 e. The Hall–Kier alpha value is -1.87. The highest BCUT2D eigenvalue weighted by molar-refractivity contribution is 6.00. The van der Waals surface area contributed by atoms with E-state index >= 15 is 0 Å². The normalized spacial score (nSPS) is 10.8. The summed E-state index contributed by atoms with van der Waals surface area (Å²) in [4.78, 5) is 11.9. The Balaban J connectivity index is 2.18. The van der Waals surface area contributed by atoms with Gasteiger partial charge in [0.15, 0.2) is 0 Å². The Bertz CT molecular complexity index is 563. The van der Waals surface area contributed by atoms with Crippen LogP contribution >= 0.6 is 0 Å². The van der Waals surface area contributed by atoms with Crippen molar-refractivity contribution >= 4 is 5.97 Å². The minimum absolute atomic E-state index is 0.266. The molecule has 0 saturated carbocycles. The zero-order valence-electron chi connectivity index (χ0n) is 12.5. The van der Waals surface area contributed by atoms with E-state index in [0.717, 1.165) is 43.2 Å². The second-order valence-electron chi connectivity index (χ2n) is 5.20. The number of ether oxygens (including phenoxy) is 1. The van der Waals surface area contributed by atoms with Gasteiger partial charge in [-0.15, -0.1) is 0 Å². The van der Waals surface area contributed by atoms with Crippen LogP contribution in [0.5, 0.6) is 0 Å². The average Bonchev–Trinajstić information content (AvgIpc) is 2.69. The summed E-state index contributed by atoms with van der Waals surface area (Å²) in [5.41, 5.74) is 3.93. The Labute approximate surface area is 125 Å². The van der Waals surface area contributed by atoms with Crippen LogP contribution in [0.25, 0.3) is 11.1 Å². The number of aryl methyl sites for hydroxylation is 1. The minimum Gasteiger partial charge on any atom is -0.465 e. The fraction of sp³-hybridized carbons (Fsp3) is 0.389. The van der Waals surface area contributed by atoms with Crippen LogP contribution in [0.15, 0.2) is 36.4 Å². The van der Waals surface area contributed by atoms with Crippen molar-refractivity contribution < 1.29 is 14.6 Å². The number of unbranched alkanes of at least 4 members (excludes halogenated alkanes) is 3. The molecule has 2 rings (SSSR count). The number of rotatable bonds is 7. The van der Waals surface area contributed by atoms with E-state index < -0.39 is 0 Å². The minimum atomic E-state index is -0.280. The van der Waals surface area contributed by atoms with Gasteiger partial charge in [0.05, 0.1) is 12.7 Å². The van der Waals surface area contributed by atoms with E-state index in [1.807, 2.05) is 30.3 Å². The van der Waals surface area contributed by atoms with Crippen molar-refractivity contribution in [3.63, 3.8) is 0 Å². The molecule has 0 spiro atoms. The first-order valence-corrected chi connectivity index (χ1v) is 7.47. The molecule has 0 amide bonds. The molecule has 0 aromatic carbocycles. The number of hydrogen-bond donors (Lipinski definition) is 1. The maximum absolute atomic E-state index is 11.9. The molecule has 2 aliphatic carbocycles. The number of carbonyl (C=O) groups excluding carboxylic acids is 1. The summed E-state index contributed by atoms with van der Waals surface area (Å²) in [5, 5.41) is 8.79. The lowest BCUT2D eigenvalue weighted by molar-refractivity contribution is 0.0602. The summed E-state index contributed by atoms with van der Waals surface area (Å²) in [7, 11) is 1.42. The lowest BCUT2D eigenvalue weighted by Gasteiger charge is -2.02. The lowest BCUT2D eigenvalue weighted by atomic mass is 10.0. The second-order valence-corrected chi connectivity index (χ2v) is 5.20. The third-order valence-electron chi connectivity index (χ3n) is 3.75. The summed E-state index contributed by atoms with van der Waals surface area (Å²) < 4.78 is 4.88. The van der Waals surface area contributed by atoms with Gasteiger partial charge in [0.1, 0.15) is 0 Å². The van der Waals surface area contributed by atoms with E-state index in [4.69, 9.17) is 9.84 Å². The van der Waals surface area contributed by atoms with Gasteiger partial charge >= 0.3 is 5.97 Å². The van der Waals surface area contributed by atoms with Gasteiger partial charge in [0, 0.05) is 6.61 Å². The quantitative estimate of drug-likeness (QED) is 0.624. The number of hydrogen-bond acceptors (Lipinski definition) is 3. The molecule has 2 aliphatic rings. The molecule has 0 aromatic heterocycles. The second kappa shape index (κ2) is 7.79. The summed E-state index contributed by atoms with van der Waals surface area (Å²) in [6, 6.07) is 11.9. The maximum atomic E-state index is 11.9. The van der Waals surface area contributed by atoms with Crippen molar-refractivity contribution in [3.05, 3.63) is 47.5 Å². The summed E-state index contributed by atoms with van der Waals surface area (Å²) in [6.07, 6.45) is 5.03. The van der Waals surface area contributed by atoms with Gasteiger partial charge in [0.25, 0.3) is 0 Å². The number of aliphatic hydroxyl groups excluding tert-OH is 1. The van der Waals surface area contributed by atoms with Gasteiger partial charge in [-0.1, -0.05) is 43.2 Å². The molecule has 0 aliphatic heterocycles. The van der Waals surface area contributed by atoms with E-state index in [9.17, 15) is 4.79 Å². The van der Waals surface area contributed by atoms with Crippen LogP contribution in [-0.4, -0.2) is 24.8 Å². The van der Waals surface area contributed by atoms with Gasteiger partial charge in [0.2, 0.25) is 0 Å². The predicted octanol–water partition coefficient (Wildman–Crippen LogP) is 3.67. The number of esters is 1. The van der Waals surface area contributed by atoms with Crippen LogP contribution < -0.4 is 0 Å². The third kappa shape index (κ3) is 3.82. The van der Waals surface area contributed by atoms with Crippen molar-refractivity contribution in [3.8, 4) is 11.1 Å². The van der Waals surface area contributed by atoms with Gasteiger partial charge in [-0.2, -0.15) is 0 Å². The van der Waals surface area contributed by atoms with Crippen LogP contribution in [0.2, 0.25) is 0 Å². The fourth-order valence-electron chi connectivity index (χ4n) is 2.66.